The summed E-state index contributed by atoms with van der Waals surface area (Å²) in [5.74, 6) is -1.17. The van der Waals surface area contributed by atoms with Crippen LogP contribution in [0.15, 0.2) is 0 Å². The standard InChI is InChI=1S/C9H13NO4/c1-6(12)10-4-8(5-11)2-9(10,3-8)7(13)14/h11H,2-5H2,1H3,(H,13,14). The molecule has 0 radical (unpaired) electrons. The molecule has 0 atom stereocenters. The SMILES string of the molecule is CC(=O)N1CC2(CO)CC1(C(=O)O)C2. The number of nitrogens with zero attached hydrogens (tertiary/aromatic N) is 1. The van der Waals surface area contributed by atoms with Gasteiger partial charge in [0.1, 0.15) is 5.54 Å². The first kappa shape index (κ1) is 9.45. The zero-order valence-corrected chi connectivity index (χ0v) is 7.99. The van der Waals surface area contributed by atoms with Gasteiger partial charge in [-0.3, -0.25) is 4.79 Å². The maximum Gasteiger partial charge on any atom is 0.329 e. The Morgan fingerprint density at radius 1 is 1.43 bits per heavy atom. The third-order valence-electron chi connectivity index (χ3n) is 3.46. The Kier molecular flexibility index (Phi) is 1.67. The van der Waals surface area contributed by atoms with E-state index in [0.29, 0.717) is 19.4 Å². The zero-order valence-electron chi connectivity index (χ0n) is 7.99. The molecule has 78 valence electrons. The number of carbonyl (C=O) groups excluding carboxylic acids is 1. The molecule has 3 rings (SSSR count). The number of carbonyl (C=O) groups is 2. The van der Waals surface area contributed by atoms with Gasteiger partial charge in [-0.1, -0.05) is 0 Å². The predicted octanol–water partition coefficient (Wildman–Crippen LogP) is -0.556. The van der Waals surface area contributed by atoms with Crippen molar-refractivity contribution in [3.63, 3.8) is 0 Å². The fraction of sp³-hybridized carbons (Fsp3) is 0.778. The lowest BCUT2D eigenvalue weighted by Gasteiger charge is -2.43. The van der Waals surface area contributed by atoms with Gasteiger partial charge in [-0.15, -0.1) is 0 Å². The van der Waals surface area contributed by atoms with E-state index in [-0.39, 0.29) is 17.9 Å². The molecule has 2 aliphatic heterocycles. The molecule has 2 bridgehead atoms. The maximum atomic E-state index is 11.2. The minimum atomic E-state index is -1.02. The Morgan fingerprint density at radius 3 is 2.29 bits per heavy atom. The molecule has 2 saturated heterocycles. The molecule has 0 aromatic rings. The largest absolute Gasteiger partial charge is 0.479 e. The molecule has 1 amide bonds. The van der Waals surface area contributed by atoms with Crippen LogP contribution in [0.4, 0.5) is 0 Å². The third kappa shape index (κ3) is 0.877. The zero-order chi connectivity index (χ0) is 10.6. The van der Waals surface area contributed by atoms with E-state index < -0.39 is 11.5 Å². The summed E-state index contributed by atoms with van der Waals surface area (Å²) < 4.78 is 0. The second kappa shape index (κ2) is 2.48. The number of aliphatic hydroxyl groups excluding tert-OH is 1. The smallest absolute Gasteiger partial charge is 0.329 e. The number of hydrogen-bond donors (Lipinski definition) is 2. The highest BCUT2D eigenvalue weighted by molar-refractivity contribution is 5.89. The summed E-state index contributed by atoms with van der Waals surface area (Å²) in [5, 5.41) is 18.2. The van der Waals surface area contributed by atoms with Gasteiger partial charge in [0.05, 0.1) is 6.61 Å². The molecule has 1 aliphatic carbocycles. The molecule has 14 heavy (non-hydrogen) atoms. The molecular formula is C9H13NO4. The lowest BCUT2D eigenvalue weighted by Crippen LogP contribution is -2.57. The number of amides is 1. The molecule has 2 N–H and O–H groups in total. The van der Waals surface area contributed by atoms with Gasteiger partial charge in [0.25, 0.3) is 0 Å². The highest BCUT2D eigenvalue weighted by atomic mass is 16.4. The van der Waals surface area contributed by atoms with Gasteiger partial charge in [-0.05, 0) is 12.8 Å². The summed E-state index contributed by atoms with van der Waals surface area (Å²) in [4.78, 5) is 23.7. The number of fused-ring (bicyclic) bond motifs is 1. The molecule has 5 heteroatoms. The fourth-order valence-corrected chi connectivity index (χ4v) is 2.82. The van der Waals surface area contributed by atoms with Crippen LogP contribution < -0.4 is 0 Å². The van der Waals surface area contributed by atoms with E-state index in [0.717, 1.165) is 0 Å². The first-order chi connectivity index (χ1) is 6.46. The van der Waals surface area contributed by atoms with Crippen molar-refractivity contribution in [3.8, 4) is 0 Å². The Balaban J connectivity index is 2.29. The number of carboxylic acids is 1. The maximum absolute atomic E-state index is 11.2. The molecule has 1 saturated carbocycles. The van der Waals surface area contributed by atoms with Crippen LogP contribution in [0.5, 0.6) is 0 Å². The van der Waals surface area contributed by atoms with Crippen molar-refractivity contribution in [2.24, 2.45) is 5.41 Å². The lowest BCUT2D eigenvalue weighted by atomic mass is 9.62. The minimum absolute atomic E-state index is 0.0359. The monoisotopic (exact) mass is 199 g/mol. The second-order valence-corrected chi connectivity index (χ2v) is 4.45. The molecule has 0 unspecified atom stereocenters. The van der Waals surface area contributed by atoms with Crippen LogP contribution in [0.2, 0.25) is 0 Å². The number of carboxylic acid groups (broad SMARTS) is 1. The highest BCUT2D eigenvalue weighted by Gasteiger charge is 2.69. The summed E-state index contributed by atoms with van der Waals surface area (Å²) in [5.41, 5.74) is -1.36. The Bertz CT molecular complexity index is 300. The van der Waals surface area contributed by atoms with E-state index in [1.165, 1.54) is 11.8 Å². The first-order valence-corrected chi connectivity index (χ1v) is 4.58. The number of hydrogen-bond acceptors (Lipinski definition) is 3. The Morgan fingerprint density at radius 2 is 2.00 bits per heavy atom. The van der Waals surface area contributed by atoms with E-state index in [1.54, 1.807) is 0 Å². The van der Waals surface area contributed by atoms with Crippen molar-refractivity contribution in [1.29, 1.82) is 0 Å². The summed E-state index contributed by atoms with van der Waals surface area (Å²) in [6.07, 6.45) is 0.789. The van der Waals surface area contributed by atoms with Crippen molar-refractivity contribution >= 4 is 11.9 Å². The first-order valence-electron chi connectivity index (χ1n) is 4.58. The van der Waals surface area contributed by atoms with Gasteiger partial charge in [-0.2, -0.15) is 0 Å². The summed E-state index contributed by atoms with van der Waals surface area (Å²) in [7, 11) is 0. The summed E-state index contributed by atoms with van der Waals surface area (Å²) in [6.45, 7) is 1.72. The number of aliphatic hydroxyl groups is 1. The molecule has 2 heterocycles. The van der Waals surface area contributed by atoms with Crippen LogP contribution >= 0.6 is 0 Å². The van der Waals surface area contributed by atoms with Gasteiger partial charge in [0, 0.05) is 18.9 Å². The van der Waals surface area contributed by atoms with Crippen LogP contribution in [-0.4, -0.2) is 45.7 Å². The normalized spacial score (nSPS) is 39.4. The molecule has 3 aliphatic rings. The number of rotatable bonds is 2. The Labute approximate surface area is 81.3 Å². The second-order valence-electron chi connectivity index (χ2n) is 4.45. The van der Waals surface area contributed by atoms with Crippen LogP contribution in [0.3, 0.4) is 0 Å². The average Bonchev–Trinajstić information content (AvgIpc) is 2.53. The highest BCUT2D eigenvalue weighted by Crippen LogP contribution is 2.59. The van der Waals surface area contributed by atoms with Crippen LogP contribution in [0, 0.1) is 5.41 Å². The molecule has 3 fully saturated rings. The lowest BCUT2D eigenvalue weighted by molar-refractivity contribution is -0.160. The molecule has 0 aromatic carbocycles. The third-order valence-corrected chi connectivity index (χ3v) is 3.46. The quantitative estimate of drug-likeness (QED) is 0.625. The van der Waals surface area contributed by atoms with Crippen molar-refractivity contribution < 1.29 is 19.8 Å². The Hall–Kier alpha value is -1.10. The fourth-order valence-electron chi connectivity index (χ4n) is 2.82. The molecule has 0 spiro atoms. The van der Waals surface area contributed by atoms with Gasteiger partial charge in [0.2, 0.25) is 5.91 Å². The topological polar surface area (TPSA) is 77.8 Å². The van der Waals surface area contributed by atoms with E-state index in [2.05, 4.69) is 0 Å². The van der Waals surface area contributed by atoms with E-state index in [1.807, 2.05) is 0 Å². The van der Waals surface area contributed by atoms with Gasteiger partial charge in [-0.25, -0.2) is 4.79 Å². The van der Waals surface area contributed by atoms with E-state index in [9.17, 15) is 9.59 Å². The average molecular weight is 199 g/mol. The van der Waals surface area contributed by atoms with Crippen molar-refractivity contribution in [2.45, 2.75) is 25.3 Å². The molecule has 0 aromatic heterocycles. The van der Waals surface area contributed by atoms with Crippen molar-refractivity contribution in [2.75, 3.05) is 13.2 Å². The molecular weight excluding hydrogens is 186 g/mol. The molecule has 5 nitrogen and oxygen atoms in total. The predicted molar refractivity (Wildman–Crippen MR) is 46.5 cm³/mol. The van der Waals surface area contributed by atoms with E-state index >= 15 is 0 Å². The van der Waals surface area contributed by atoms with Crippen molar-refractivity contribution in [1.82, 2.24) is 4.90 Å². The van der Waals surface area contributed by atoms with E-state index in [4.69, 9.17) is 10.2 Å². The van der Waals surface area contributed by atoms with Crippen LogP contribution in [0.1, 0.15) is 19.8 Å². The minimum Gasteiger partial charge on any atom is -0.479 e. The van der Waals surface area contributed by atoms with Gasteiger partial charge >= 0.3 is 5.97 Å². The summed E-state index contributed by atoms with van der Waals surface area (Å²) in [6, 6.07) is 0. The van der Waals surface area contributed by atoms with Crippen LogP contribution in [0.25, 0.3) is 0 Å². The van der Waals surface area contributed by atoms with Gasteiger partial charge < -0.3 is 15.1 Å². The van der Waals surface area contributed by atoms with Crippen LogP contribution in [-0.2, 0) is 9.59 Å². The number of aliphatic carboxylic acids is 1. The van der Waals surface area contributed by atoms with Crippen molar-refractivity contribution in [3.05, 3.63) is 0 Å². The van der Waals surface area contributed by atoms with Gasteiger partial charge in [0.15, 0.2) is 0 Å². The summed E-state index contributed by atoms with van der Waals surface area (Å²) >= 11 is 0.